The lowest BCUT2D eigenvalue weighted by Crippen LogP contribution is -2.33. The van der Waals surface area contributed by atoms with E-state index in [1.807, 2.05) is 30.3 Å². The fourth-order valence-electron chi connectivity index (χ4n) is 4.88. The molecule has 0 aromatic heterocycles. The molecular formula is C32H33NO3. The summed E-state index contributed by atoms with van der Waals surface area (Å²) in [5.74, 6) is 1.42. The Morgan fingerprint density at radius 3 is 2.50 bits per heavy atom. The van der Waals surface area contributed by atoms with E-state index in [0.29, 0.717) is 5.92 Å². The van der Waals surface area contributed by atoms with E-state index in [4.69, 9.17) is 9.47 Å². The molecule has 1 heterocycles. The van der Waals surface area contributed by atoms with Gasteiger partial charge in [-0.25, -0.2) is 4.79 Å². The zero-order valence-corrected chi connectivity index (χ0v) is 20.8. The van der Waals surface area contributed by atoms with E-state index in [1.165, 1.54) is 41.9 Å². The summed E-state index contributed by atoms with van der Waals surface area (Å²) in [7, 11) is 1.42. The first-order valence-electron chi connectivity index (χ1n) is 12.8. The Hall–Kier alpha value is -3.63. The smallest absolute Gasteiger partial charge is 0.338 e. The summed E-state index contributed by atoms with van der Waals surface area (Å²) in [5, 5.41) is 6.20. The molecule has 0 radical (unpaired) electrons. The highest BCUT2D eigenvalue weighted by atomic mass is 16.5. The molecule has 36 heavy (non-hydrogen) atoms. The van der Waals surface area contributed by atoms with Crippen LogP contribution in [0, 0.1) is 0 Å². The van der Waals surface area contributed by atoms with E-state index in [2.05, 4.69) is 66.0 Å². The van der Waals surface area contributed by atoms with Crippen LogP contribution in [0.1, 0.15) is 52.2 Å². The first-order chi connectivity index (χ1) is 17.7. The van der Waals surface area contributed by atoms with Gasteiger partial charge in [0.2, 0.25) is 0 Å². The van der Waals surface area contributed by atoms with Gasteiger partial charge in [0.1, 0.15) is 11.9 Å². The number of nitrogens with one attached hydrogen (secondary N) is 1. The van der Waals surface area contributed by atoms with Crippen molar-refractivity contribution in [3.05, 3.63) is 113 Å². The van der Waals surface area contributed by atoms with Gasteiger partial charge in [0.15, 0.2) is 0 Å². The number of methoxy groups -OCH3 is 1. The van der Waals surface area contributed by atoms with E-state index < -0.39 is 0 Å². The second-order valence-corrected chi connectivity index (χ2v) is 9.51. The standard InChI is InChI=1S/C21H21NO.C11H12O2/c1-3-10-20-16(6-1)8-5-9-18(20)14-22-15-19-13-12-17-7-2-4-11-21(17)23-19;1-13-11(12)10-5-3-2-4-9(10)8-6-7-8/h1-11,19,22H,12-15H2;2-5,8H,6-7H2,1H3. The molecule has 0 saturated heterocycles. The molecular weight excluding hydrogens is 446 g/mol. The van der Waals surface area contributed by atoms with Crippen LogP contribution < -0.4 is 10.1 Å². The fourth-order valence-corrected chi connectivity index (χ4v) is 4.88. The maximum absolute atomic E-state index is 11.3. The van der Waals surface area contributed by atoms with E-state index in [1.54, 1.807) is 0 Å². The molecule has 4 heteroatoms. The fraction of sp³-hybridized carbons (Fsp3) is 0.281. The number of aryl methyl sites for hydroxylation is 1. The van der Waals surface area contributed by atoms with Crippen LogP contribution in [0.15, 0.2) is 91.0 Å². The summed E-state index contributed by atoms with van der Waals surface area (Å²) in [6.07, 6.45) is 4.86. The zero-order chi connectivity index (χ0) is 24.7. The lowest BCUT2D eigenvalue weighted by molar-refractivity contribution is 0.0599. The Kier molecular flexibility index (Phi) is 7.63. The van der Waals surface area contributed by atoms with Crippen LogP contribution in [0.4, 0.5) is 0 Å². The van der Waals surface area contributed by atoms with Crippen LogP contribution in [0.3, 0.4) is 0 Å². The van der Waals surface area contributed by atoms with Crippen LogP contribution in [0.2, 0.25) is 0 Å². The number of esters is 1. The second kappa shape index (κ2) is 11.4. The third kappa shape index (κ3) is 5.77. The molecule has 4 nitrogen and oxygen atoms in total. The molecule has 1 saturated carbocycles. The average Bonchev–Trinajstić information content (AvgIpc) is 3.79. The van der Waals surface area contributed by atoms with Crippen LogP contribution >= 0.6 is 0 Å². The van der Waals surface area contributed by atoms with Crippen molar-refractivity contribution < 1.29 is 14.3 Å². The molecule has 1 atom stereocenters. The van der Waals surface area contributed by atoms with Gasteiger partial charge >= 0.3 is 5.97 Å². The largest absolute Gasteiger partial charge is 0.489 e. The van der Waals surface area contributed by atoms with Gasteiger partial charge in [0.25, 0.3) is 0 Å². The first kappa shape index (κ1) is 24.1. The topological polar surface area (TPSA) is 47.6 Å². The van der Waals surface area contributed by atoms with Crippen molar-refractivity contribution in [2.45, 2.75) is 44.2 Å². The first-order valence-corrected chi connectivity index (χ1v) is 12.8. The van der Waals surface area contributed by atoms with Crippen molar-refractivity contribution in [2.75, 3.05) is 13.7 Å². The molecule has 2 aliphatic rings. The zero-order valence-electron chi connectivity index (χ0n) is 20.8. The summed E-state index contributed by atoms with van der Waals surface area (Å²) in [6, 6.07) is 31.1. The van der Waals surface area contributed by atoms with Gasteiger partial charge in [-0.15, -0.1) is 0 Å². The monoisotopic (exact) mass is 479 g/mol. The highest BCUT2D eigenvalue weighted by Crippen LogP contribution is 2.41. The molecule has 6 rings (SSSR count). The molecule has 0 bridgehead atoms. The molecule has 4 aromatic carbocycles. The minimum absolute atomic E-state index is 0.220. The van der Waals surface area contributed by atoms with Crippen LogP contribution in [0.25, 0.3) is 10.8 Å². The predicted octanol–water partition coefficient (Wildman–Crippen LogP) is 6.67. The van der Waals surface area contributed by atoms with Gasteiger partial charge in [-0.3, -0.25) is 0 Å². The van der Waals surface area contributed by atoms with Crippen molar-refractivity contribution in [1.29, 1.82) is 0 Å². The molecule has 1 aliphatic heterocycles. The number of hydrogen-bond acceptors (Lipinski definition) is 4. The predicted molar refractivity (Wildman–Crippen MR) is 145 cm³/mol. The highest BCUT2D eigenvalue weighted by molar-refractivity contribution is 5.91. The van der Waals surface area contributed by atoms with Crippen LogP contribution in [-0.2, 0) is 17.7 Å². The maximum atomic E-state index is 11.3. The van der Waals surface area contributed by atoms with Gasteiger partial charge in [-0.1, -0.05) is 78.9 Å². The number of hydrogen-bond donors (Lipinski definition) is 1. The lowest BCUT2D eigenvalue weighted by atomic mass is 10.0. The Labute approximate surface area is 213 Å². The number of ether oxygens (including phenoxy) is 2. The van der Waals surface area contributed by atoms with Gasteiger partial charge < -0.3 is 14.8 Å². The SMILES string of the molecule is COC(=O)c1ccccc1C1CC1.c1ccc2c(c1)CCC(CNCc1cccc3ccccc13)O2. The minimum Gasteiger partial charge on any atom is -0.489 e. The Bertz CT molecular complexity index is 1320. The molecule has 1 aliphatic carbocycles. The number of carbonyl (C=O) groups excluding carboxylic acids is 1. The normalized spacial score (nSPS) is 16.3. The second-order valence-electron chi connectivity index (χ2n) is 9.51. The van der Waals surface area contributed by atoms with Gasteiger partial charge in [0, 0.05) is 13.1 Å². The molecule has 4 aromatic rings. The Morgan fingerprint density at radius 2 is 1.64 bits per heavy atom. The highest BCUT2D eigenvalue weighted by Gasteiger charge is 2.27. The van der Waals surface area contributed by atoms with Crippen LogP contribution in [-0.4, -0.2) is 25.7 Å². The van der Waals surface area contributed by atoms with Crippen molar-refractivity contribution in [3.8, 4) is 5.75 Å². The molecule has 1 unspecified atom stereocenters. The summed E-state index contributed by atoms with van der Waals surface area (Å²) in [5.41, 5.74) is 4.55. The quantitative estimate of drug-likeness (QED) is 0.314. The van der Waals surface area contributed by atoms with E-state index in [0.717, 1.165) is 42.8 Å². The lowest BCUT2D eigenvalue weighted by Gasteiger charge is -2.26. The summed E-state index contributed by atoms with van der Waals surface area (Å²) in [4.78, 5) is 11.3. The van der Waals surface area contributed by atoms with E-state index >= 15 is 0 Å². The van der Waals surface area contributed by atoms with Crippen molar-refractivity contribution in [3.63, 3.8) is 0 Å². The van der Waals surface area contributed by atoms with E-state index in [9.17, 15) is 4.79 Å². The van der Waals surface area contributed by atoms with Gasteiger partial charge in [-0.2, -0.15) is 0 Å². The van der Waals surface area contributed by atoms with Gasteiger partial charge in [-0.05, 0) is 71.2 Å². The maximum Gasteiger partial charge on any atom is 0.338 e. The number of para-hydroxylation sites is 1. The average molecular weight is 480 g/mol. The molecule has 0 amide bonds. The van der Waals surface area contributed by atoms with Crippen molar-refractivity contribution >= 4 is 16.7 Å². The Morgan fingerprint density at radius 1 is 0.889 bits per heavy atom. The molecule has 1 fully saturated rings. The van der Waals surface area contributed by atoms with Crippen molar-refractivity contribution in [1.82, 2.24) is 5.32 Å². The number of benzene rings is 4. The Balaban J connectivity index is 0.000000174. The summed E-state index contributed by atoms with van der Waals surface area (Å²) < 4.78 is 10.8. The number of carbonyl (C=O) groups is 1. The van der Waals surface area contributed by atoms with E-state index in [-0.39, 0.29) is 12.1 Å². The number of rotatable bonds is 6. The number of fused-ring (bicyclic) bond motifs is 2. The van der Waals surface area contributed by atoms with Crippen LogP contribution in [0.5, 0.6) is 5.75 Å². The van der Waals surface area contributed by atoms with Crippen molar-refractivity contribution in [2.24, 2.45) is 0 Å². The van der Waals surface area contributed by atoms with Gasteiger partial charge in [0.05, 0.1) is 12.7 Å². The molecule has 1 N–H and O–H groups in total. The summed E-state index contributed by atoms with van der Waals surface area (Å²) in [6.45, 7) is 1.76. The third-order valence-electron chi connectivity index (χ3n) is 6.95. The summed E-state index contributed by atoms with van der Waals surface area (Å²) >= 11 is 0. The minimum atomic E-state index is -0.220. The molecule has 184 valence electrons. The molecule has 0 spiro atoms. The third-order valence-corrected chi connectivity index (χ3v) is 6.95.